The second-order valence-electron chi connectivity index (χ2n) is 7.85. The topological polar surface area (TPSA) is 30.9 Å². The highest BCUT2D eigenvalue weighted by molar-refractivity contribution is 9.10. The van der Waals surface area contributed by atoms with E-state index >= 15 is 0 Å². The van der Waals surface area contributed by atoms with Gasteiger partial charge in [-0.25, -0.2) is 0 Å². The van der Waals surface area contributed by atoms with Crippen LogP contribution in [0.25, 0.3) is 33.7 Å². The van der Waals surface area contributed by atoms with E-state index in [9.17, 15) is 0 Å². The van der Waals surface area contributed by atoms with Crippen molar-refractivity contribution in [2.45, 2.75) is 0 Å². The number of nitrogens with zero attached hydrogens (tertiary/aromatic N) is 1. The Labute approximate surface area is 201 Å². The van der Waals surface area contributed by atoms with Gasteiger partial charge in [0.25, 0.3) is 0 Å². The number of rotatable bonds is 6. The third-order valence-corrected chi connectivity index (χ3v) is 6.86. The second-order valence-corrected chi connectivity index (χ2v) is 8.71. The molecule has 166 valence electrons. The van der Waals surface area contributed by atoms with Crippen LogP contribution >= 0.6 is 15.9 Å². The Hall–Kier alpha value is -3.44. The Morgan fingerprint density at radius 2 is 1.52 bits per heavy atom. The maximum atomic E-state index is 5.83. The van der Waals surface area contributed by atoms with E-state index in [2.05, 4.69) is 70.4 Å². The minimum absolute atomic E-state index is 0.704. The molecule has 0 bridgehead atoms. The highest BCUT2D eigenvalue weighted by atomic mass is 79.9. The van der Waals surface area contributed by atoms with E-state index in [1.54, 1.807) is 21.3 Å². The average molecular weight is 502 g/mol. The molecule has 5 rings (SSSR count). The summed E-state index contributed by atoms with van der Waals surface area (Å²) in [5, 5.41) is 4.45. The Kier molecular flexibility index (Phi) is 5.51. The molecule has 0 spiro atoms. The molecule has 0 atom stereocenters. The van der Waals surface area contributed by atoms with Gasteiger partial charge in [-0.15, -0.1) is 0 Å². The van der Waals surface area contributed by atoms with Crippen molar-refractivity contribution in [3.63, 3.8) is 0 Å². The van der Waals surface area contributed by atoms with Crippen molar-refractivity contribution in [2.75, 3.05) is 33.3 Å². The monoisotopic (exact) mass is 501 g/mol. The van der Waals surface area contributed by atoms with E-state index in [4.69, 9.17) is 14.2 Å². The van der Waals surface area contributed by atoms with Crippen LogP contribution in [0.5, 0.6) is 17.2 Å². The molecule has 1 aliphatic rings. The number of anilines is 1. The van der Waals surface area contributed by atoms with E-state index < -0.39 is 0 Å². The fourth-order valence-corrected chi connectivity index (χ4v) is 5.13. The molecule has 5 heteroatoms. The van der Waals surface area contributed by atoms with Gasteiger partial charge >= 0.3 is 0 Å². The zero-order valence-corrected chi connectivity index (χ0v) is 20.6. The van der Waals surface area contributed by atoms with Crippen molar-refractivity contribution in [1.29, 1.82) is 0 Å². The fraction of sp³-hybridized carbons (Fsp3) is 0.143. The van der Waals surface area contributed by atoms with Crippen molar-refractivity contribution in [2.24, 2.45) is 0 Å². The van der Waals surface area contributed by atoms with Crippen molar-refractivity contribution in [3.8, 4) is 28.4 Å². The summed E-state index contributed by atoms with van der Waals surface area (Å²) in [6.45, 7) is 0. The van der Waals surface area contributed by atoms with Crippen molar-refractivity contribution in [3.05, 3.63) is 81.6 Å². The van der Waals surface area contributed by atoms with Gasteiger partial charge in [0.15, 0.2) is 11.5 Å². The van der Waals surface area contributed by atoms with Gasteiger partial charge in [0.1, 0.15) is 5.75 Å². The van der Waals surface area contributed by atoms with Crippen LogP contribution < -0.4 is 29.5 Å². The molecule has 0 radical (unpaired) electrons. The van der Waals surface area contributed by atoms with Crippen LogP contribution in [0.4, 0.5) is 5.69 Å². The highest BCUT2D eigenvalue weighted by Crippen LogP contribution is 2.46. The first kappa shape index (κ1) is 21.4. The summed E-state index contributed by atoms with van der Waals surface area (Å²) in [6, 6.07) is 22.7. The minimum atomic E-state index is 0.704. The number of halogens is 1. The van der Waals surface area contributed by atoms with Crippen LogP contribution in [0, 0.1) is 0 Å². The quantitative estimate of drug-likeness (QED) is 0.357. The summed E-state index contributed by atoms with van der Waals surface area (Å²) in [4.78, 5) is 2.22. The number of fused-ring (bicyclic) bond motifs is 2. The molecule has 4 nitrogen and oxygen atoms in total. The summed E-state index contributed by atoms with van der Waals surface area (Å²) in [5.74, 6) is 2.31. The smallest absolute Gasteiger partial charge is 0.169 e. The first-order valence-electron chi connectivity index (χ1n) is 10.6. The Morgan fingerprint density at radius 3 is 2.21 bits per heavy atom. The van der Waals surface area contributed by atoms with Crippen molar-refractivity contribution in [1.82, 2.24) is 0 Å². The highest BCUT2D eigenvalue weighted by Gasteiger charge is 2.22. The predicted molar refractivity (Wildman–Crippen MR) is 139 cm³/mol. The van der Waals surface area contributed by atoms with E-state index in [0.29, 0.717) is 5.75 Å². The largest absolute Gasteiger partial charge is 0.496 e. The minimum Gasteiger partial charge on any atom is -0.496 e. The van der Waals surface area contributed by atoms with Crippen molar-refractivity contribution < 1.29 is 14.2 Å². The number of methoxy groups -OCH3 is 3. The van der Waals surface area contributed by atoms with E-state index in [-0.39, 0.29) is 0 Å². The lowest BCUT2D eigenvalue weighted by Gasteiger charge is -2.28. The van der Waals surface area contributed by atoms with Gasteiger partial charge in [-0.1, -0.05) is 58.4 Å². The molecule has 0 heterocycles. The van der Waals surface area contributed by atoms with Crippen molar-refractivity contribution >= 4 is 44.2 Å². The van der Waals surface area contributed by atoms with Crippen LogP contribution in [-0.2, 0) is 0 Å². The van der Waals surface area contributed by atoms with E-state index in [1.807, 2.05) is 30.3 Å². The molecule has 0 saturated heterocycles. The number of hydrogen-bond donors (Lipinski definition) is 0. The number of hydrogen-bond acceptors (Lipinski definition) is 4. The Balaban J connectivity index is 1.78. The van der Waals surface area contributed by atoms with Crippen LogP contribution in [0.1, 0.15) is 0 Å². The average Bonchev–Trinajstić information content (AvgIpc) is 2.83. The van der Waals surface area contributed by atoms with Crippen LogP contribution in [-0.4, -0.2) is 28.4 Å². The van der Waals surface area contributed by atoms with Gasteiger partial charge in [-0.2, -0.15) is 0 Å². The summed E-state index contributed by atoms with van der Waals surface area (Å²) in [5.41, 5.74) is 4.31. The zero-order chi connectivity index (χ0) is 23.1. The van der Waals surface area contributed by atoms with Crippen LogP contribution in [0.2, 0.25) is 0 Å². The molecular weight excluding hydrogens is 478 g/mol. The molecule has 0 N–H and O–H groups in total. The third kappa shape index (κ3) is 3.35. The lowest BCUT2D eigenvalue weighted by Crippen LogP contribution is -2.42. The number of ether oxygens (including phenoxy) is 3. The second kappa shape index (κ2) is 8.49. The first-order valence-corrected chi connectivity index (χ1v) is 11.4. The summed E-state index contributed by atoms with van der Waals surface area (Å²) < 4.78 is 18.2. The Bertz CT molecular complexity index is 1500. The fourth-order valence-electron chi connectivity index (χ4n) is 4.58. The van der Waals surface area contributed by atoms with Crippen LogP contribution in [0.3, 0.4) is 0 Å². The lowest BCUT2D eigenvalue weighted by atomic mass is 9.94. The number of benzene rings is 4. The van der Waals surface area contributed by atoms with E-state index in [0.717, 1.165) is 59.7 Å². The molecule has 4 aromatic rings. The Morgan fingerprint density at radius 1 is 0.758 bits per heavy atom. The molecule has 0 amide bonds. The summed E-state index contributed by atoms with van der Waals surface area (Å²) in [6.07, 6.45) is 2.16. The maximum absolute atomic E-state index is 5.83. The SMILES string of the molecule is COc1cc2c(N(C)C3=c4c(Br)ccc(OC)c4=C3)cccc2c(-c2ccccc2)c1OC. The summed E-state index contributed by atoms with van der Waals surface area (Å²) in [7, 11) is 7.16. The molecule has 1 aliphatic carbocycles. The first-order chi connectivity index (χ1) is 16.1. The molecule has 0 unspecified atom stereocenters. The van der Waals surface area contributed by atoms with E-state index in [1.165, 1.54) is 0 Å². The normalized spacial score (nSPS) is 12.0. The zero-order valence-electron chi connectivity index (χ0n) is 19.0. The maximum Gasteiger partial charge on any atom is 0.169 e. The summed E-state index contributed by atoms with van der Waals surface area (Å²) >= 11 is 3.72. The molecule has 0 aromatic heterocycles. The van der Waals surface area contributed by atoms with Crippen LogP contribution in [0.15, 0.2) is 71.2 Å². The van der Waals surface area contributed by atoms with Gasteiger partial charge in [-0.05, 0) is 41.3 Å². The van der Waals surface area contributed by atoms with Gasteiger partial charge in [0.05, 0.1) is 27.0 Å². The molecule has 4 aromatic carbocycles. The molecule has 0 saturated carbocycles. The third-order valence-electron chi connectivity index (χ3n) is 6.20. The molecule has 33 heavy (non-hydrogen) atoms. The van der Waals surface area contributed by atoms with Gasteiger partial charge < -0.3 is 19.1 Å². The van der Waals surface area contributed by atoms with Gasteiger partial charge in [0.2, 0.25) is 0 Å². The molecule has 0 aliphatic heterocycles. The van der Waals surface area contributed by atoms with Gasteiger partial charge in [-0.3, -0.25) is 0 Å². The molecular formula is C28H24BrNO3. The predicted octanol–water partition coefficient (Wildman–Crippen LogP) is 5.33. The lowest BCUT2D eigenvalue weighted by molar-refractivity contribution is 0.357. The van der Waals surface area contributed by atoms with Gasteiger partial charge in [0, 0.05) is 38.6 Å². The molecule has 0 fully saturated rings. The standard InChI is InChI=1S/C28H24BrNO3/c1-30(23-15-20-24(31-2)14-13-21(29)27(20)23)22-12-8-11-18-19(22)16-25(32-3)28(33-4)26(18)17-9-6-5-7-10-17/h5-16H,1-4H3.